The number of rotatable bonds is 4. The number of aromatic nitrogens is 2. The highest BCUT2D eigenvalue weighted by atomic mass is 35.5. The monoisotopic (exact) mass is 245 g/mol. The second-order valence-corrected chi connectivity index (χ2v) is 4.72. The molecule has 1 aliphatic rings. The lowest BCUT2D eigenvalue weighted by Crippen LogP contribution is -2.20. The molecule has 1 aromatic rings. The van der Waals surface area contributed by atoms with Crippen molar-refractivity contribution in [2.24, 2.45) is 5.92 Å². The van der Waals surface area contributed by atoms with E-state index in [9.17, 15) is 0 Å². The molecule has 0 radical (unpaired) electrons. The molecular formula is C10H16ClN3O2. The molecule has 0 saturated carbocycles. The third kappa shape index (κ3) is 2.65. The normalized spacial score (nSPS) is 26.9. The summed E-state index contributed by atoms with van der Waals surface area (Å²) in [7, 11) is 0. The van der Waals surface area contributed by atoms with Crippen molar-refractivity contribution in [2.75, 3.05) is 18.5 Å². The van der Waals surface area contributed by atoms with Gasteiger partial charge < -0.3 is 14.5 Å². The van der Waals surface area contributed by atoms with Gasteiger partial charge in [0, 0.05) is 19.1 Å². The fourth-order valence-electron chi connectivity index (χ4n) is 1.73. The molecule has 1 aliphatic heterocycles. The molecule has 6 heteroatoms. The summed E-state index contributed by atoms with van der Waals surface area (Å²) >= 11 is 5.82. The Hall–Kier alpha value is -0.810. The summed E-state index contributed by atoms with van der Waals surface area (Å²) in [5.74, 6) is 0.948. The molecule has 16 heavy (non-hydrogen) atoms. The fourth-order valence-corrected chi connectivity index (χ4v) is 1.82. The van der Waals surface area contributed by atoms with Gasteiger partial charge in [-0.2, -0.15) is 0 Å². The van der Waals surface area contributed by atoms with Crippen molar-refractivity contribution >= 4 is 17.6 Å². The molecule has 1 N–H and O–H groups in total. The molecule has 3 atom stereocenters. The van der Waals surface area contributed by atoms with E-state index in [2.05, 4.69) is 22.4 Å². The van der Waals surface area contributed by atoms with Crippen LogP contribution in [-0.4, -0.2) is 29.5 Å². The number of hydrogen-bond acceptors (Lipinski definition) is 5. The first-order valence-electron chi connectivity index (χ1n) is 5.49. The van der Waals surface area contributed by atoms with Gasteiger partial charge in [-0.3, -0.25) is 0 Å². The van der Waals surface area contributed by atoms with E-state index in [0.29, 0.717) is 23.9 Å². The zero-order valence-corrected chi connectivity index (χ0v) is 10.2. The number of halogens is 1. The molecule has 0 spiro atoms. The maximum atomic E-state index is 5.82. The van der Waals surface area contributed by atoms with Crippen LogP contribution in [0.15, 0.2) is 4.42 Å². The Balaban J connectivity index is 1.84. The molecule has 0 amide bonds. The minimum atomic E-state index is -0.253. The van der Waals surface area contributed by atoms with Gasteiger partial charge in [-0.05, 0) is 20.3 Å². The number of alkyl halides is 1. The zero-order chi connectivity index (χ0) is 11.5. The second-order valence-electron chi connectivity index (χ2n) is 4.07. The zero-order valence-electron chi connectivity index (χ0n) is 9.44. The minimum Gasteiger partial charge on any atom is -0.407 e. The van der Waals surface area contributed by atoms with E-state index in [1.165, 1.54) is 0 Å². The van der Waals surface area contributed by atoms with Crippen LogP contribution in [0.2, 0.25) is 0 Å². The standard InChI is InChI=1S/C10H16ClN3O2/c1-6(11)9-13-14-10(16-9)12-5-8-3-4-15-7(8)2/h6-8H,3-5H2,1-2H3,(H,12,14). The van der Waals surface area contributed by atoms with Crippen LogP contribution in [0.3, 0.4) is 0 Å². The molecule has 2 rings (SSSR count). The Kier molecular flexibility index (Phi) is 3.66. The van der Waals surface area contributed by atoms with E-state index in [-0.39, 0.29) is 5.38 Å². The first kappa shape index (κ1) is 11.7. The second kappa shape index (κ2) is 5.01. The Labute approximate surface area is 99.5 Å². The summed E-state index contributed by atoms with van der Waals surface area (Å²) < 4.78 is 10.8. The Morgan fingerprint density at radius 2 is 2.38 bits per heavy atom. The van der Waals surface area contributed by atoms with E-state index in [1.54, 1.807) is 6.92 Å². The molecule has 1 fully saturated rings. The van der Waals surface area contributed by atoms with E-state index in [1.807, 2.05) is 0 Å². The van der Waals surface area contributed by atoms with Crippen molar-refractivity contribution in [1.82, 2.24) is 10.2 Å². The van der Waals surface area contributed by atoms with Crippen molar-refractivity contribution in [3.8, 4) is 0 Å². The van der Waals surface area contributed by atoms with Crippen LogP contribution in [0.25, 0.3) is 0 Å². The molecule has 0 bridgehead atoms. The van der Waals surface area contributed by atoms with E-state index < -0.39 is 0 Å². The molecule has 0 aliphatic carbocycles. The van der Waals surface area contributed by atoms with Gasteiger partial charge in [0.2, 0.25) is 5.89 Å². The summed E-state index contributed by atoms with van der Waals surface area (Å²) in [4.78, 5) is 0. The maximum Gasteiger partial charge on any atom is 0.315 e. The molecule has 90 valence electrons. The van der Waals surface area contributed by atoms with E-state index in [4.69, 9.17) is 20.8 Å². The molecule has 1 aromatic heterocycles. The van der Waals surface area contributed by atoms with Gasteiger partial charge in [0.25, 0.3) is 0 Å². The van der Waals surface area contributed by atoms with Crippen LogP contribution in [0.4, 0.5) is 6.01 Å². The molecule has 1 saturated heterocycles. The van der Waals surface area contributed by atoms with Gasteiger partial charge in [-0.15, -0.1) is 16.7 Å². The summed E-state index contributed by atoms with van der Waals surface area (Å²) in [6.45, 7) is 5.51. The minimum absolute atomic E-state index is 0.253. The number of nitrogens with zero attached hydrogens (tertiary/aromatic N) is 2. The van der Waals surface area contributed by atoms with Crippen LogP contribution in [0, 0.1) is 5.92 Å². The highest BCUT2D eigenvalue weighted by molar-refractivity contribution is 6.20. The van der Waals surface area contributed by atoms with E-state index >= 15 is 0 Å². The smallest absolute Gasteiger partial charge is 0.315 e. The summed E-state index contributed by atoms with van der Waals surface area (Å²) in [6, 6.07) is 0.432. The highest BCUT2D eigenvalue weighted by Gasteiger charge is 2.24. The lowest BCUT2D eigenvalue weighted by Gasteiger charge is -2.13. The molecule has 0 aromatic carbocycles. The van der Waals surface area contributed by atoms with Crippen LogP contribution in [0.5, 0.6) is 0 Å². The lowest BCUT2D eigenvalue weighted by atomic mass is 10.0. The van der Waals surface area contributed by atoms with Crippen LogP contribution in [-0.2, 0) is 4.74 Å². The third-order valence-electron chi connectivity index (χ3n) is 2.83. The largest absolute Gasteiger partial charge is 0.407 e. The quantitative estimate of drug-likeness (QED) is 0.824. The van der Waals surface area contributed by atoms with Crippen molar-refractivity contribution in [1.29, 1.82) is 0 Å². The Bertz CT molecular complexity index is 343. The number of nitrogens with one attached hydrogen (secondary N) is 1. The number of anilines is 1. The summed E-state index contributed by atoms with van der Waals surface area (Å²) in [6.07, 6.45) is 1.36. The maximum absolute atomic E-state index is 5.82. The SMILES string of the molecule is CC(Cl)c1nnc(NCC2CCOC2C)o1. The number of ether oxygens (including phenoxy) is 1. The van der Waals surface area contributed by atoms with Gasteiger partial charge in [0.05, 0.1) is 6.10 Å². The Morgan fingerprint density at radius 1 is 1.56 bits per heavy atom. The van der Waals surface area contributed by atoms with Gasteiger partial charge in [0.15, 0.2) is 0 Å². The Morgan fingerprint density at radius 3 is 2.94 bits per heavy atom. The van der Waals surface area contributed by atoms with E-state index in [0.717, 1.165) is 19.6 Å². The molecule has 2 heterocycles. The van der Waals surface area contributed by atoms with Crippen LogP contribution >= 0.6 is 11.6 Å². The summed E-state index contributed by atoms with van der Waals surface area (Å²) in [5, 5.41) is 10.6. The van der Waals surface area contributed by atoms with Gasteiger partial charge in [-0.1, -0.05) is 5.10 Å². The lowest BCUT2D eigenvalue weighted by molar-refractivity contribution is 0.108. The molecule has 3 unspecified atom stereocenters. The molecule has 5 nitrogen and oxygen atoms in total. The van der Waals surface area contributed by atoms with Crippen molar-refractivity contribution < 1.29 is 9.15 Å². The van der Waals surface area contributed by atoms with Crippen molar-refractivity contribution in [3.63, 3.8) is 0 Å². The summed E-state index contributed by atoms with van der Waals surface area (Å²) in [5.41, 5.74) is 0. The first-order valence-corrected chi connectivity index (χ1v) is 5.93. The average molecular weight is 246 g/mol. The first-order chi connectivity index (χ1) is 7.66. The van der Waals surface area contributed by atoms with Crippen molar-refractivity contribution in [2.45, 2.75) is 31.7 Å². The third-order valence-corrected chi connectivity index (χ3v) is 3.02. The fraction of sp³-hybridized carbons (Fsp3) is 0.800. The predicted molar refractivity (Wildman–Crippen MR) is 60.6 cm³/mol. The van der Waals surface area contributed by atoms with Crippen molar-refractivity contribution in [3.05, 3.63) is 5.89 Å². The van der Waals surface area contributed by atoms with Gasteiger partial charge >= 0.3 is 6.01 Å². The van der Waals surface area contributed by atoms with Crippen LogP contribution < -0.4 is 5.32 Å². The topological polar surface area (TPSA) is 60.2 Å². The predicted octanol–water partition coefficient (Wildman–Crippen LogP) is 2.21. The van der Waals surface area contributed by atoms with Gasteiger partial charge in [-0.25, -0.2) is 0 Å². The number of hydrogen-bond donors (Lipinski definition) is 1. The van der Waals surface area contributed by atoms with Crippen LogP contribution in [0.1, 0.15) is 31.5 Å². The highest BCUT2D eigenvalue weighted by Crippen LogP contribution is 2.22. The van der Waals surface area contributed by atoms with Gasteiger partial charge in [0.1, 0.15) is 5.38 Å². The molecular weight excluding hydrogens is 230 g/mol. The average Bonchev–Trinajstić information content (AvgIpc) is 2.83.